The van der Waals surface area contributed by atoms with Crippen molar-refractivity contribution in [2.75, 3.05) is 15.5 Å². The predicted octanol–water partition coefficient (Wildman–Crippen LogP) is 5.01. The predicted molar refractivity (Wildman–Crippen MR) is 131 cm³/mol. The lowest BCUT2D eigenvalue weighted by Crippen LogP contribution is -2.32. The fourth-order valence-corrected chi connectivity index (χ4v) is 4.33. The lowest BCUT2D eigenvalue weighted by molar-refractivity contribution is -0.120. The number of benzene rings is 2. The van der Waals surface area contributed by atoms with Crippen molar-refractivity contribution in [3.05, 3.63) is 81.0 Å². The molecule has 33 heavy (non-hydrogen) atoms. The number of hydrogen-bond acceptors (Lipinski definition) is 6. The van der Waals surface area contributed by atoms with Gasteiger partial charge in [-0.25, -0.2) is 9.88 Å². The SMILES string of the molecule is CCc1ccc(N2C(=O)C(Cl)=C(Nc3cccc(C(=O)Nc4nc(C)c(C)s4)c3)C2=O)cc1. The van der Waals surface area contributed by atoms with Crippen LogP contribution in [0.4, 0.5) is 16.5 Å². The van der Waals surface area contributed by atoms with Crippen LogP contribution in [0.15, 0.2) is 59.3 Å². The number of anilines is 3. The number of amides is 3. The van der Waals surface area contributed by atoms with Crippen LogP contribution >= 0.6 is 22.9 Å². The number of carbonyl (C=O) groups excluding carboxylic acids is 3. The molecule has 9 heteroatoms. The molecule has 1 aromatic heterocycles. The first kappa shape index (κ1) is 22.7. The van der Waals surface area contributed by atoms with Crippen molar-refractivity contribution in [3.8, 4) is 0 Å². The Hall–Kier alpha value is -3.49. The molecule has 0 unspecified atom stereocenters. The number of hydrogen-bond donors (Lipinski definition) is 2. The molecule has 3 amide bonds. The van der Waals surface area contributed by atoms with Crippen LogP contribution < -0.4 is 15.5 Å². The zero-order chi connectivity index (χ0) is 23.7. The maximum absolute atomic E-state index is 13.0. The van der Waals surface area contributed by atoms with Crippen molar-refractivity contribution in [2.24, 2.45) is 0 Å². The Bertz CT molecular complexity index is 1280. The summed E-state index contributed by atoms with van der Waals surface area (Å²) in [6.07, 6.45) is 0.847. The number of thiazole rings is 1. The first-order chi connectivity index (χ1) is 15.8. The molecule has 3 aromatic rings. The maximum Gasteiger partial charge on any atom is 0.283 e. The minimum Gasteiger partial charge on any atom is -0.350 e. The van der Waals surface area contributed by atoms with E-state index in [0.29, 0.717) is 22.1 Å². The molecular weight excluding hydrogens is 460 g/mol. The molecule has 2 heterocycles. The van der Waals surface area contributed by atoms with Gasteiger partial charge in [0, 0.05) is 16.1 Å². The number of aryl methyl sites for hydroxylation is 3. The highest BCUT2D eigenvalue weighted by Gasteiger charge is 2.39. The van der Waals surface area contributed by atoms with Crippen molar-refractivity contribution < 1.29 is 14.4 Å². The molecule has 7 nitrogen and oxygen atoms in total. The van der Waals surface area contributed by atoms with Crippen LogP contribution in [0.5, 0.6) is 0 Å². The van der Waals surface area contributed by atoms with Crippen LogP contribution in [0.25, 0.3) is 0 Å². The zero-order valence-electron chi connectivity index (χ0n) is 18.2. The van der Waals surface area contributed by atoms with Gasteiger partial charge >= 0.3 is 0 Å². The van der Waals surface area contributed by atoms with E-state index in [2.05, 4.69) is 15.6 Å². The molecule has 1 aliphatic heterocycles. The van der Waals surface area contributed by atoms with Gasteiger partial charge in [0.1, 0.15) is 10.7 Å². The average Bonchev–Trinajstić information content (AvgIpc) is 3.23. The van der Waals surface area contributed by atoms with Gasteiger partial charge in [-0.05, 0) is 56.2 Å². The van der Waals surface area contributed by atoms with E-state index >= 15 is 0 Å². The molecule has 0 spiro atoms. The largest absolute Gasteiger partial charge is 0.350 e. The molecular formula is C24H21ClN4O3S. The molecule has 0 fully saturated rings. The van der Waals surface area contributed by atoms with Gasteiger partial charge in [-0.2, -0.15) is 0 Å². The molecule has 0 saturated carbocycles. The first-order valence-corrected chi connectivity index (χ1v) is 11.5. The van der Waals surface area contributed by atoms with E-state index in [1.54, 1.807) is 36.4 Å². The molecule has 1 aliphatic rings. The minimum absolute atomic E-state index is 0.0371. The Balaban J connectivity index is 1.53. The van der Waals surface area contributed by atoms with Crippen LogP contribution in [0.3, 0.4) is 0 Å². The fourth-order valence-electron chi connectivity index (χ4n) is 3.30. The Labute approximate surface area is 200 Å². The van der Waals surface area contributed by atoms with Gasteiger partial charge in [-0.3, -0.25) is 19.7 Å². The van der Waals surface area contributed by atoms with Crippen LogP contribution in [0.1, 0.15) is 33.4 Å². The topological polar surface area (TPSA) is 91.4 Å². The highest BCUT2D eigenvalue weighted by Crippen LogP contribution is 2.30. The van der Waals surface area contributed by atoms with Gasteiger partial charge in [-0.1, -0.05) is 36.7 Å². The summed E-state index contributed by atoms with van der Waals surface area (Å²) in [5.41, 5.74) is 3.18. The summed E-state index contributed by atoms with van der Waals surface area (Å²) in [4.78, 5) is 44.7. The summed E-state index contributed by atoms with van der Waals surface area (Å²) in [7, 11) is 0. The summed E-state index contributed by atoms with van der Waals surface area (Å²) >= 11 is 7.62. The second kappa shape index (κ2) is 9.17. The summed E-state index contributed by atoms with van der Waals surface area (Å²) in [5, 5.41) is 5.99. The molecule has 0 bridgehead atoms. The number of halogens is 1. The monoisotopic (exact) mass is 480 g/mol. The normalized spacial score (nSPS) is 13.6. The Morgan fingerprint density at radius 1 is 1.09 bits per heavy atom. The number of aromatic nitrogens is 1. The van der Waals surface area contributed by atoms with Gasteiger partial charge in [-0.15, -0.1) is 11.3 Å². The fraction of sp³-hybridized carbons (Fsp3) is 0.167. The van der Waals surface area contributed by atoms with Crippen molar-refractivity contribution in [3.63, 3.8) is 0 Å². The third-order valence-corrected chi connectivity index (χ3v) is 6.61. The van der Waals surface area contributed by atoms with Crippen LogP contribution in [0, 0.1) is 13.8 Å². The van der Waals surface area contributed by atoms with E-state index in [1.165, 1.54) is 11.3 Å². The van der Waals surface area contributed by atoms with Crippen molar-refractivity contribution in [1.82, 2.24) is 4.98 Å². The lowest BCUT2D eigenvalue weighted by atomic mass is 10.1. The first-order valence-electron chi connectivity index (χ1n) is 10.3. The van der Waals surface area contributed by atoms with Gasteiger partial charge < -0.3 is 5.32 Å². The second-order valence-electron chi connectivity index (χ2n) is 7.48. The van der Waals surface area contributed by atoms with Crippen molar-refractivity contribution >= 4 is 57.2 Å². The highest BCUT2D eigenvalue weighted by atomic mass is 35.5. The second-order valence-corrected chi connectivity index (χ2v) is 9.06. The standard InChI is InChI=1S/C24H21ClN4O3S/c1-4-15-8-10-18(11-9-15)29-22(31)19(25)20(23(29)32)27-17-7-5-6-16(12-17)21(30)28-24-26-13(2)14(3)33-24/h5-12,27H,4H2,1-3H3,(H,26,28,30). The van der Waals surface area contributed by atoms with Crippen LogP contribution in [-0.4, -0.2) is 22.7 Å². The summed E-state index contributed by atoms with van der Waals surface area (Å²) in [6, 6.07) is 13.7. The summed E-state index contributed by atoms with van der Waals surface area (Å²) < 4.78 is 0. The molecule has 0 aliphatic carbocycles. The Morgan fingerprint density at radius 2 is 1.82 bits per heavy atom. The molecule has 4 rings (SSSR count). The summed E-state index contributed by atoms with van der Waals surface area (Å²) in [5.74, 6) is -1.49. The van der Waals surface area contributed by atoms with E-state index < -0.39 is 11.8 Å². The van der Waals surface area contributed by atoms with E-state index in [-0.39, 0.29) is 16.6 Å². The molecule has 0 saturated heterocycles. The molecule has 0 atom stereocenters. The number of nitrogens with zero attached hydrogens (tertiary/aromatic N) is 2. The third-order valence-electron chi connectivity index (χ3n) is 5.27. The number of nitrogens with one attached hydrogen (secondary N) is 2. The summed E-state index contributed by atoms with van der Waals surface area (Å²) in [6.45, 7) is 5.84. The number of rotatable bonds is 6. The third kappa shape index (κ3) is 4.53. The quantitative estimate of drug-likeness (QED) is 0.484. The van der Waals surface area contributed by atoms with Gasteiger partial charge in [0.2, 0.25) is 0 Å². The van der Waals surface area contributed by atoms with Crippen molar-refractivity contribution in [1.29, 1.82) is 0 Å². The minimum atomic E-state index is -0.600. The smallest absolute Gasteiger partial charge is 0.283 e. The Morgan fingerprint density at radius 3 is 2.45 bits per heavy atom. The molecule has 2 N–H and O–H groups in total. The molecule has 2 aromatic carbocycles. The number of imide groups is 1. The Kier molecular flexibility index (Phi) is 6.31. The molecule has 0 radical (unpaired) electrons. The van der Waals surface area contributed by atoms with E-state index in [0.717, 1.165) is 27.5 Å². The van der Waals surface area contributed by atoms with Crippen molar-refractivity contribution in [2.45, 2.75) is 27.2 Å². The van der Waals surface area contributed by atoms with Crippen LogP contribution in [-0.2, 0) is 16.0 Å². The van der Waals surface area contributed by atoms with Crippen LogP contribution in [0.2, 0.25) is 0 Å². The van der Waals surface area contributed by atoms with E-state index in [9.17, 15) is 14.4 Å². The van der Waals surface area contributed by atoms with Gasteiger partial charge in [0.25, 0.3) is 17.7 Å². The number of carbonyl (C=O) groups is 3. The van der Waals surface area contributed by atoms with Gasteiger partial charge in [0.05, 0.1) is 11.4 Å². The van der Waals surface area contributed by atoms with E-state index in [1.807, 2.05) is 32.9 Å². The van der Waals surface area contributed by atoms with E-state index in [4.69, 9.17) is 11.6 Å². The zero-order valence-corrected chi connectivity index (χ0v) is 19.8. The molecule has 168 valence electrons. The van der Waals surface area contributed by atoms with Gasteiger partial charge in [0.15, 0.2) is 5.13 Å². The lowest BCUT2D eigenvalue weighted by Gasteiger charge is -2.15. The maximum atomic E-state index is 13.0. The highest BCUT2D eigenvalue weighted by molar-refractivity contribution is 7.15. The average molecular weight is 481 g/mol.